The van der Waals surface area contributed by atoms with E-state index >= 15 is 0 Å². The van der Waals surface area contributed by atoms with Crippen molar-refractivity contribution < 1.29 is 0 Å². The molecule has 3 heteroatoms. The summed E-state index contributed by atoms with van der Waals surface area (Å²) in [6, 6.07) is 0. The van der Waals surface area contributed by atoms with E-state index in [1.165, 1.54) is 37.9 Å². The maximum Gasteiger partial charge on any atom is 0.115 e. The zero-order valence-corrected chi connectivity index (χ0v) is 8.89. The molecule has 3 nitrogen and oxygen atoms in total. The Morgan fingerprint density at radius 3 is 2.93 bits per heavy atom. The maximum atomic E-state index is 4.09. The minimum Gasteiger partial charge on any atom is -0.316 e. The summed E-state index contributed by atoms with van der Waals surface area (Å²) in [6.07, 6.45) is 9.51. The van der Waals surface area contributed by atoms with Gasteiger partial charge in [0.1, 0.15) is 6.33 Å². The second kappa shape index (κ2) is 3.89. The highest BCUT2D eigenvalue weighted by Gasteiger charge is 2.38. The normalized spacial score (nSPS) is 34.3. The lowest BCUT2D eigenvalue weighted by Crippen LogP contribution is -2.17. The van der Waals surface area contributed by atoms with E-state index in [0.29, 0.717) is 0 Å². The van der Waals surface area contributed by atoms with Crippen LogP contribution in [0.1, 0.15) is 18.4 Å². The van der Waals surface area contributed by atoms with Crippen molar-refractivity contribution in [2.75, 3.05) is 13.1 Å². The van der Waals surface area contributed by atoms with Gasteiger partial charge in [-0.25, -0.2) is 9.97 Å². The van der Waals surface area contributed by atoms with Crippen LogP contribution < -0.4 is 5.32 Å². The molecular formula is C12H17N3. The number of nitrogens with zero attached hydrogens (tertiary/aromatic N) is 2. The molecule has 0 bridgehead atoms. The van der Waals surface area contributed by atoms with Gasteiger partial charge in [-0.1, -0.05) is 0 Å². The predicted octanol–water partition coefficient (Wildman–Crippen LogP) is 1.26. The molecule has 0 amide bonds. The fourth-order valence-electron chi connectivity index (χ4n) is 3.25. The number of hydrogen-bond donors (Lipinski definition) is 1. The third-order valence-corrected chi connectivity index (χ3v) is 4.02. The number of hydrogen-bond acceptors (Lipinski definition) is 3. The van der Waals surface area contributed by atoms with E-state index in [0.717, 1.165) is 17.8 Å². The van der Waals surface area contributed by atoms with Gasteiger partial charge in [-0.3, -0.25) is 0 Å². The first-order chi connectivity index (χ1) is 7.43. The molecule has 2 heterocycles. The zero-order valence-electron chi connectivity index (χ0n) is 8.89. The Bertz CT molecular complexity index is 325. The molecule has 1 aliphatic carbocycles. The van der Waals surface area contributed by atoms with Crippen LogP contribution in [0.25, 0.3) is 0 Å². The Kier molecular flexibility index (Phi) is 2.41. The quantitative estimate of drug-likeness (QED) is 0.786. The molecule has 1 aromatic rings. The number of rotatable bonds is 2. The van der Waals surface area contributed by atoms with Gasteiger partial charge in [-0.15, -0.1) is 0 Å². The van der Waals surface area contributed by atoms with Gasteiger partial charge in [-0.05, 0) is 55.7 Å². The van der Waals surface area contributed by atoms with Crippen LogP contribution in [0.5, 0.6) is 0 Å². The van der Waals surface area contributed by atoms with E-state index in [1.807, 2.05) is 12.4 Å². The highest BCUT2D eigenvalue weighted by molar-refractivity contribution is 5.06. The smallest absolute Gasteiger partial charge is 0.115 e. The standard InChI is InChI=1S/C12H17N3/c1-2-11-6-13-7-12(11)10(1)3-9-4-14-8-15-5-9/h4-5,8,10-13H,1-3,6-7H2. The van der Waals surface area contributed by atoms with Gasteiger partial charge in [-0.2, -0.15) is 0 Å². The summed E-state index contributed by atoms with van der Waals surface area (Å²) in [5, 5.41) is 3.51. The van der Waals surface area contributed by atoms with E-state index in [2.05, 4.69) is 15.3 Å². The number of nitrogens with one attached hydrogen (secondary N) is 1. The van der Waals surface area contributed by atoms with Crippen molar-refractivity contribution in [1.29, 1.82) is 0 Å². The van der Waals surface area contributed by atoms with Gasteiger partial charge >= 0.3 is 0 Å². The van der Waals surface area contributed by atoms with Crippen LogP contribution in [0.4, 0.5) is 0 Å². The molecule has 3 unspecified atom stereocenters. The van der Waals surface area contributed by atoms with Crippen molar-refractivity contribution in [2.45, 2.75) is 19.3 Å². The second-order valence-corrected chi connectivity index (χ2v) is 4.87. The first kappa shape index (κ1) is 9.28. The summed E-state index contributed by atoms with van der Waals surface area (Å²) >= 11 is 0. The Morgan fingerprint density at radius 2 is 2.07 bits per heavy atom. The molecule has 80 valence electrons. The third-order valence-electron chi connectivity index (χ3n) is 4.02. The molecule has 0 aromatic carbocycles. The van der Waals surface area contributed by atoms with E-state index in [9.17, 15) is 0 Å². The summed E-state index contributed by atoms with van der Waals surface area (Å²) in [4.78, 5) is 8.17. The van der Waals surface area contributed by atoms with Crippen LogP contribution >= 0.6 is 0 Å². The number of fused-ring (bicyclic) bond motifs is 1. The lowest BCUT2D eigenvalue weighted by atomic mass is 9.88. The molecule has 1 aromatic heterocycles. The molecule has 1 saturated carbocycles. The summed E-state index contributed by atoms with van der Waals surface area (Å²) in [7, 11) is 0. The van der Waals surface area contributed by atoms with Gasteiger partial charge in [0.15, 0.2) is 0 Å². The Morgan fingerprint density at radius 1 is 1.20 bits per heavy atom. The van der Waals surface area contributed by atoms with Crippen LogP contribution in [-0.2, 0) is 6.42 Å². The average molecular weight is 203 g/mol. The van der Waals surface area contributed by atoms with Crippen molar-refractivity contribution in [3.63, 3.8) is 0 Å². The van der Waals surface area contributed by atoms with Crippen LogP contribution in [0.15, 0.2) is 18.7 Å². The third kappa shape index (κ3) is 1.76. The average Bonchev–Trinajstić information content (AvgIpc) is 2.85. The lowest BCUT2D eigenvalue weighted by molar-refractivity contribution is 0.374. The van der Waals surface area contributed by atoms with Crippen molar-refractivity contribution in [3.05, 3.63) is 24.3 Å². The van der Waals surface area contributed by atoms with Gasteiger partial charge in [0.25, 0.3) is 0 Å². The molecule has 2 aliphatic rings. The highest BCUT2D eigenvalue weighted by Crippen LogP contribution is 2.40. The van der Waals surface area contributed by atoms with Gasteiger partial charge in [0.2, 0.25) is 0 Å². The molecule has 0 radical (unpaired) electrons. The monoisotopic (exact) mass is 203 g/mol. The maximum absolute atomic E-state index is 4.09. The van der Waals surface area contributed by atoms with Gasteiger partial charge < -0.3 is 5.32 Å². The molecule has 15 heavy (non-hydrogen) atoms. The van der Waals surface area contributed by atoms with Crippen molar-refractivity contribution in [2.24, 2.45) is 17.8 Å². The first-order valence-electron chi connectivity index (χ1n) is 5.88. The molecule has 3 rings (SSSR count). The van der Waals surface area contributed by atoms with E-state index in [-0.39, 0.29) is 0 Å². The number of aromatic nitrogens is 2. The second-order valence-electron chi connectivity index (χ2n) is 4.87. The van der Waals surface area contributed by atoms with Crippen molar-refractivity contribution in [3.8, 4) is 0 Å². The first-order valence-corrected chi connectivity index (χ1v) is 5.88. The minimum absolute atomic E-state index is 0.857. The molecule has 3 atom stereocenters. The summed E-state index contributed by atoms with van der Waals surface area (Å²) in [5.41, 5.74) is 1.30. The molecular weight excluding hydrogens is 186 g/mol. The van der Waals surface area contributed by atoms with E-state index in [1.54, 1.807) is 6.33 Å². The fraction of sp³-hybridized carbons (Fsp3) is 0.667. The van der Waals surface area contributed by atoms with Gasteiger partial charge in [0.05, 0.1) is 0 Å². The predicted molar refractivity (Wildman–Crippen MR) is 58.3 cm³/mol. The molecule has 0 spiro atoms. The van der Waals surface area contributed by atoms with Crippen molar-refractivity contribution in [1.82, 2.24) is 15.3 Å². The summed E-state index contributed by atoms with van der Waals surface area (Å²) < 4.78 is 0. The Labute approximate surface area is 90.3 Å². The molecule has 1 saturated heterocycles. The molecule has 2 fully saturated rings. The summed E-state index contributed by atoms with van der Waals surface area (Å²) in [6.45, 7) is 2.47. The van der Waals surface area contributed by atoms with E-state index in [4.69, 9.17) is 0 Å². The fourth-order valence-corrected chi connectivity index (χ4v) is 3.25. The SMILES string of the molecule is c1ncc(CC2CCC3CNCC32)cn1. The van der Waals surface area contributed by atoms with Crippen LogP contribution in [-0.4, -0.2) is 23.1 Å². The van der Waals surface area contributed by atoms with Crippen molar-refractivity contribution >= 4 is 0 Å². The van der Waals surface area contributed by atoms with E-state index < -0.39 is 0 Å². The lowest BCUT2D eigenvalue weighted by Gasteiger charge is -2.17. The zero-order chi connectivity index (χ0) is 10.1. The Hall–Kier alpha value is -0.960. The van der Waals surface area contributed by atoms with Gasteiger partial charge in [0, 0.05) is 12.4 Å². The summed E-state index contributed by atoms with van der Waals surface area (Å²) in [5.74, 6) is 2.71. The highest BCUT2D eigenvalue weighted by atomic mass is 14.9. The molecule has 1 N–H and O–H groups in total. The minimum atomic E-state index is 0.857. The molecule has 1 aliphatic heterocycles. The topological polar surface area (TPSA) is 37.8 Å². The van der Waals surface area contributed by atoms with Crippen LogP contribution in [0, 0.1) is 17.8 Å². The Balaban J connectivity index is 1.69. The largest absolute Gasteiger partial charge is 0.316 e. The van der Waals surface area contributed by atoms with Crippen LogP contribution in [0.2, 0.25) is 0 Å². The van der Waals surface area contributed by atoms with Crippen LogP contribution in [0.3, 0.4) is 0 Å².